The zero-order chi connectivity index (χ0) is 17.8. The second kappa shape index (κ2) is 7.43. The molecule has 0 spiro atoms. The van der Waals surface area contributed by atoms with E-state index < -0.39 is 24.2 Å². The molecule has 1 unspecified atom stereocenters. The van der Waals surface area contributed by atoms with Crippen LogP contribution in [0.5, 0.6) is 6.01 Å². The Balaban J connectivity index is 1.57. The molecule has 1 aromatic carbocycles. The van der Waals surface area contributed by atoms with Crippen molar-refractivity contribution in [1.29, 1.82) is 0 Å². The highest BCUT2D eigenvalue weighted by Gasteiger charge is 2.20. The molecule has 134 valence electrons. The van der Waals surface area contributed by atoms with Crippen LogP contribution in [0.1, 0.15) is 12.8 Å². The first kappa shape index (κ1) is 17.1. The smallest absolute Gasteiger partial charge is 0.344 e. The summed E-state index contributed by atoms with van der Waals surface area (Å²) in [4.78, 5) is 15.6. The van der Waals surface area contributed by atoms with E-state index in [1.54, 1.807) is 0 Å². The van der Waals surface area contributed by atoms with Crippen molar-refractivity contribution < 1.29 is 33.0 Å². The highest BCUT2D eigenvalue weighted by Crippen LogP contribution is 2.22. The number of nitrogens with zero attached hydrogens (tertiary/aromatic N) is 3. The molecule has 0 saturated carbocycles. The molecule has 2 aromatic rings. The van der Waals surface area contributed by atoms with E-state index in [1.807, 2.05) is 0 Å². The van der Waals surface area contributed by atoms with Gasteiger partial charge in [0.15, 0.2) is 6.61 Å². The molecule has 1 N–H and O–H groups in total. The molecule has 1 aromatic heterocycles. The lowest BCUT2D eigenvalue weighted by Crippen LogP contribution is -2.22. The van der Waals surface area contributed by atoms with E-state index in [0.29, 0.717) is 12.7 Å². The fourth-order valence-electron chi connectivity index (χ4n) is 2.31. The van der Waals surface area contributed by atoms with Gasteiger partial charge in [0.1, 0.15) is 18.2 Å². The van der Waals surface area contributed by atoms with Crippen molar-refractivity contribution in [3.05, 3.63) is 29.8 Å². The van der Waals surface area contributed by atoms with Gasteiger partial charge in [-0.05, 0) is 25.0 Å². The third-order valence-corrected chi connectivity index (χ3v) is 3.52. The maximum atomic E-state index is 13.7. The van der Waals surface area contributed by atoms with Gasteiger partial charge in [-0.25, -0.2) is 13.6 Å². The van der Waals surface area contributed by atoms with E-state index in [9.17, 15) is 18.8 Å². The van der Waals surface area contributed by atoms with Gasteiger partial charge in [0, 0.05) is 12.7 Å². The second-order valence-corrected chi connectivity index (χ2v) is 5.34. The summed E-state index contributed by atoms with van der Waals surface area (Å²) in [6.45, 7) is 0.303. The number of hydrogen-bond donors (Lipinski definition) is 1. The monoisotopic (exact) mass is 355 g/mol. The van der Waals surface area contributed by atoms with Crippen LogP contribution in [0.2, 0.25) is 0 Å². The van der Waals surface area contributed by atoms with Crippen molar-refractivity contribution in [2.75, 3.05) is 19.8 Å². The van der Waals surface area contributed by atoms with Crippen molar-refractivity contribution in [1.82, 2.24) is 14.9 Å². The molecule has 1 atom stereocenters. The van der Waals surface area contributed by atoms with Gasteiger partial charge in [-0.3, -0.25) is 0 Å². The number of carbonyl (C=O) groups excluding carboxylic acids is 1. The zero-order valence-corrected chi connectivity index (χ0v) is 13.0. The van der Waals surface area contributed by atoms with Crippen molar-refractivity contribution in [3.8, 4) is 17.4 Å². The Kier molecular flexibility index (Phi) is 5.08. The molecule has 1 aliphatic rings. The number of esters is 1. The van der Waals surface area contributed by atoms with Crippen molar-refractivity contribution in [2.45, 2.75) is 18.9 Å². The Labute approximate surface area is 140 Å². The molecular formula is C15H15F2N3O5. The minimum absolute atomic E-state index is 0.105. The number of carbonyl (C=O) groups is 1. The van der Waals surface area contributed by atoms with Gasteiger partial charge in [0.2, 0.25) is 5.82 Å². The molecule has 1 fully saturated rings. The highest BCUT2D eigenvalue weighted by atomic mass is 19.1. The van der Waals surface area contributed by atoms with E-state index in [2.05, 4.69) is 10.1 Å². The van der Waals surface area contributed by atoms with Crippen LogP contribution in [-0.2, 0) is 14.3 Å². The Hall–Kier alpha value is -2.75. The van der Waals surface area contributed by atoms with Gasteiger partial charge in [0.05, 0.1) is 11.7 Å². The summed E-state index contributed by atoms with van der Waals surface area (Å²) in [5, 5.41) is 13.2. The maximum absolute atomic E-state index is 13.7. The molecule has 25 heavy (non-hydrogen) atoms. The average molecular weight is 355 g/mol. The van der Waals surface area contributed by atoms with E-state index in [4.69, 9.17) is 14.2 Å². The molecule has 3 rings (SSSR count). The fraction of sp³-hybridized carbons (Fsp3) is 0.400. The SMILES string of the molecule is O=C(COc1nc(-c2ccc(F)cc2F)n(O)n1)OCC1CCCO1. The van der Waals surface area contributed by atoms with Gasteiger partial charge < -0.3 is 19.4 Å². The fourth-order valence-corrected chi connectivity index (χ4v) is 2.31. The van der Waals surface area contributed by atoms with Gasteiger partial charge in [-0.15, -0.1) is 0 Å². The second-order valence-electron chi connectivity index (χ2n) is 5.34. The number of hydrogen-bond acceptors (Lipinski definition) is 7. The predicted octanol–water partition coefficient (Wildman–Crippen LogP) is 1.56. The predicted molar refractivity (Wildman–Crippen MR) is 78.0 cm³/mol. The number of benzene rings is 1. The Morgan fingerprint density at radius 1 is 1.44 bits per heavy atom. The quantitative estimate of drug-likeness (QED) is 0.620. The first-order chi connectivity index (χ1) is 12.0. The van der Waals surface area contributed by atoms with E-state index in [-0.39, 0.29) is 35.0 Å². The van der Waals surface area contributed by atoms with Gasteiger partial charge in [-0.2, -0.15) is 4.98 Å². The summed E-state index contributed by atoms with van der Waals surface area (Å²) in [5.41, 5.74) is -0.174. The number of rotatable bonds is 6. The molecule has 1 aliphatic heterocycles. The van der Waals surface area contributed by atoms with Gasteiger partial charge in [0.25, 0.3) is 0 Å². The summed E-state index contributed by atoms with van der Waals surface area (Å²) in [7, 11) is 0. The van der Waals surface area contributed by atoms with Crippen LogP contribution in [0.25, 0.3) is 11.4 Å². The average Bonchev–Trinajstić information content (AvgIpc) is 3.21. The maximum Gasteiger partial charge on any atom is 0.344 e. The Morgan fingerprint density at radius 2 is 2.28 bits per heavy atom. The van der Waals surface area contributed by atoms with E-state index in [1.165, 1.54) is 0 Å². The Bertz CT molecular complexity index is 762. The molecular weight excluding hydrogens is 340 g/mol. The molecule has 10 heteroatoms. The first-order valence-corrected chi connectivity index (χ1v) is 7.54. The lowest BCUT2D eigenvalue weighted by atomic mass is 10.2. The molecule has 0 bridgehead atoms. The molecule has 0 radical (unpaired) electrons. The standard InChI is InChI=1S/C15H15F2N3O5/c16-9-3-4-11(12(17)6-9)14-18-15(19-20(14)22)25-8-13(21)24-7-10-2-1-5-23-10/h3-4,6,10,22H,1-2,5,7-8H2. The first-order valence-electron chi connectivity index (χ1n) is 7.54. The van der Waals surface area contributed by atoms with Crippen LogP contribution < -0.4 is 4.74 Å². The summed E-state index contributed by atoms with van der Waals surface area (Å²) >= 11 is 0. The lowest BCUT2D eigenvalue weighted by molar-refractivity contribution is -0.149. The van der Waals surface area contributed by atoms with Crippen molar-refractivity contribution in [3.63, 3.8) is 0 Å². The van der Waals surface area contributed by atoms with Gasteiger partial charge in [-0.1, -0.05) is 9.94 Å². The van der Waals surface area contributed by atoms with Gasteiger partial charge >= 0.3 is 12.0 Å². The summed E-state index contributed by atoms with van der Waals surface area (Å²) in [6.07, 6.45) is 1.66. The Morgan fingerprint density at radius 3 is 3.00 bits per heavy atom. The minimum Gasteiger partial charge on any atom is -0.460 e. The zero-order valence-electron chi connectivity index (χ0n) is 13.0. The van der Waals surface area contributed by atoms with Crippen LogP contribution in [0.3, 0.4) is 0 Å². The highest BCUT2D eigenvalue weighted by molar-refractivity contribution is 5.71. The molecule has 8 nitrogen and oxygen atoms in total. The number of halogens is 2. The van der Waals surface area contributed by atoms with Crippen LogP contribution in [0.15, 0.2) is 18.2 Å². The normalized spacial score (nSPS) is 16.8. The molecule has 0 amide bonds. The van der Waals surface area contributed by atoms with E-state index >= 15 is 0 Å². The number of aromatic nitrogens is 3. The molecule has 0 aliphatic carbocycles. The summed E-state index contributed by atoms with van der Waals surface area (Å²) < 4.78 is 42.0. The third-order valence-electron chi connectivity index (χ3n) is 3.52. The van der Waals surface area contributed by atoms with Crippen LogP contribution in [-0.4, -0.2) is 52.0 Å². The lowest BCUT2D eigenvalue weighted by Gasteiger charge is -2.09. The van der Waals surface area contributed by atoms with E-state index in [0.717, 1.165) is 25.0 Å². The largest absolute Gasteiger partial charge is 0.460 e. The van der Waals surface area contributed by atoms with Crippen molar-refractivity contribution >= 4 is 5.97 Å². The third kappa shape index (κ3) is 4.21. The minimum atomic E-state index is -0.926. The molecule has 2 heterocycles. The van der Waals surface area contributed by atoms with Crippen LogP contribution >= 0.6 is 0 Å². The topological polar surface area (TPSA) is 95.7 Å². The number of ether oxygens (including phenoxy) is 3. The summed E-state index contributed by atoms with van der Waals surface area (Å²) in [6, 6.07) is 2.40. The molecule has 1 saturated heterocycles. The van der Waals surface area contributed by atoms with Crippen LogP contribution in [0, 0.1) is 11.6 Å². The van der Waals surface area contributed by atoms with Crippen LogP contribution in [0.4, 0.5) is 8.78 Å². The van der Waals surface area contributed by atoms with Crippen molar-refractivity contribution in [2.24, 2.45) is 0 Å². The summed E-state index contributed by atoms with van der Waals surface area (Å²) in [5.74, 6) is -2.64.